The van der Waals surface area contributed by atoms with Gasteiger partial charge in [-0.1, -0.05) is 72.4 Å². The van der Waals surface area contributed by atoms with Crippen LogP contribution in [-0.4, -0.2) is 149 Å². The standard InChI is InChI=1S/2C35H38Cl2N8O4/c2*1-3-25(2)45-34(46)44(24-40-45)29-7-5-27(6-8-29)41-14-16-42(17-15-41)28-9-11-30(12-10-28)47-19-31-20-48-35(49-31,21-43-23-38-22-39-43)32-13-4-26(36)18-33(32)37/h2*4-13,18,22-25,31H,3,14-17,19-21H2,1-2H3/t2*25?,31-,35+/m10/s1. The highest BCUT2D eigenvalue weighted by Gasteiger charge is 2.47. The molecule has 6 atom stereocenters. The molecule has 4 aromatic heterocycles. The van der Waals surface area contributed by atoms with Crippen LogP contribution in [0.25, 0.3) is 11.4 Å². The first-order valence-electron chi connectivity index (χ1n) is 32.8. The number of anilines is 4. The lowest BCUT2D eigenvalue weighted by molar-refractivity contribution is -0.191. The Labute approximate surface area is 586 Å². The number of rotatable bonds is 22. The van der Waals surface area contributed by atoms with Crippen molar-refractivity contribution >= 4 is 69.2 Å². The van der Waals surface area contributed by atoms with Gasteiger partial charge in [0.05, 0.1) is 46.7 Å². The molecule has 6 aromatic carbocycles. The first kappa shape index (κ1) is 67.8. The second-order valence-electron chi connectivity index (χ2n) is 24.6. The van der Waals surface area contributed by atoms with Gasteiger partial charge in [-0.15, -0.1) is 0 Å². The molecule has 512 valence electrons. The van der Waals surface area contributed by atoms with Crippen molar-refractivity contribution in [3.8, 4) is 22.9 Å². The number of benzene rings is 6. The number of hydrogen-bond donors (Lipinski definition) is 0. The van der Waals surface area contributed by atoms with Crippen LogP contribution >= 0.6 is 46.4 Å². The number of piperazine rings is 2. The Kier molecular flexibility index (Phi) is 20.9. The van der Waals surface area contributed by atoms with Gasteiger partial charge in [-0.05, 0) is 148 Å². The minimum Gasteiger partial charge on any atom is -0.491 e. The molecule has 2 unspecified atom stereocenters. The first-order chi connectivity index (χ1) is 47.6. The molecule has 0 N–H and O–H groups in total. The molecule has 0 saturated carbocycles. The largest absolute Gasteiger partial charge is 0.491 e. The third kappa shape index (κ3) is 15.1. The van der Waals surface area contributed by atoms with Crippen molar-refractivity contribution in [2.24, 2.45) is 0 Å². The number of nitrogens with zero attached hydrogens (tertiary/aromatic N) is 16. The molecule has 0 aliphatic carbocycles. The minimum atomic E-state index is -1.16. The smallest absolute Gasteiger partial charge is 0.350 e. The molecule has 14 rings (SSSR count). The number of aromatic nitrogens is 12. The Morgan fingerprint density at radius 1 is 0.459 bits per heavy atom. The van der Waals surface area contributed by atoms with E-state index in [1.807, 2.05) is 88.4 Å². The lowest BCUT2D eigenvalue weighted by Gasteiger charge is -2.37. The highest BCUT2D eigenvalue weighted by Crippen LogP contribution is 2.43. The van der Waals surface area contributed by atoms with E-state index >= 15 is 0 Å². The van der Waals surface area contributed by atoms with E-state index < -0.39 is 11.6 Å². The molecule has 10 aromatic rings. The first-order valence-corrected chi connectivity index (χ1v) is 34.3. The maximum atomic E-state index is 12.8. The second kappa shape index (κ2) is 30.2. The zero-order valence-corrected chi connectivity index (χ0v) is 57.7. The van der Waals surface area contributed by atoms with Crippen LogP contribution in [0.4, 0.5) is 22.7 Å². The van der Waals surface area contributed by atoms with E-state index in [4.69, 9.17) is 74.8 Å². The Morgan fingerprint density at radius 3 is 1.11 bits per heavy atom. The van der Waals surface area contributed by atoms with Crippen molar-refractivity contribution in [2.45, 2.75) is 89.5 Å². The van der Waals surface area contributed by atoms with Crippen LogP contribution in [0.1, 0.15) is 63.7 Å². The third-order valence-corrected chi connectivity index (χ3v) is 19.4. The summed E-state index contributed by atoms with van der Waals surface area (Å²) in [5.74, 6) is -0.820. The molecular formula is C70H76Cl4N16O8. The molecule has 0 amide bonds. The fourth-order valence-corrected chi connectivity index (χ4v) is 13.6. The Hall–Kier alpha value is -8.72. The van der Waals surface area contributed by atoms with Crippen LogP contribution in [0.2, 0.25) is 20.1 Å². The second-order valence-corrected chi connectivity index (χ2v) is 26.3. The number of halogens is 4. The molecule has 4 fully saturated rings. The van der Waals surface area contributed by atoms with Crippen LogP contribution in [0.3, 0.4) is 0 Å². The normalized spacial score (nSPS) is 20.1. The molecule has 8 heterocycles. The monoisotopic (exact) mass is 1410 g/mol. The van der Waals surface area contributed by atoms with Crippen LogP contribution < -0.4 is 40.5 Å². The van der Waals surface area contributed by atoms with Crippen molar-refractivity contribution in [1.29, 1.82) is 0 Å². The van der Waals surface area contributed by atoms with Crippen molar-refractivity contribution < 1.29 is 28.4 Å². The van der Waals surface area contributed by atoms with Crippen molar-refractivity contribution in [1.82, 2.24) is 58.2 Å². The Bertz CT molecular complexity index is 4090. The maximum absolute atomic E-state index is 12.8. The fourth-order valence-electron chi connectivity index (χ4n) is 12.5. The lowest BCUT2D eigenvalue weighted by atomic mass is 10.1. The van der Waals surface area contributed by atoms with Crippen molar-refractivity contribution in [3.63, 3.8) is 0 Å². The van der Waals surface area contributed by atoms with Gasteiger partial charge in [0.15, 0.2) is 0 Å². The average Bonchev–Trinajstić information content (AvgIpc) is 1.60. The molecule has 98 heavy (non-hydrogen) atoms. The topological polar surface area (TPSA) is 209 Å². The highest BCUT2D eigenvalue weighted by atomic mass is 35.5. The van der Waals surface area contributed by atoms with E-state index in [1.54, 1.807) is 68.1 Å². The third-order valence-electron chi connectivity index (χ3n) is 18.3. The van der Waals surface area contributed by atoms with E-state index in [0.717, 1.165) is 111 Å². The summed E-state index contributed by atoms with van der Waals surface area (Å²) in [6.45, 7) is 17.0. The van der Waals surface area contributed by atoms with Gasteiger partial charge < -0.3 is 48.0 Å². The molecule has 4 aliphatic rings. The molecule has 4 saturated heterocycles. The van der Waals surface area contributed by atoms with E-state index in [-0.39, 0.29) is 48.8 Å². The summed E-state index contributed by atoms with van der Waals surface area (Å²) < 4.78 is 47.3. The van der Waals surface area contributed by atoms with Crippen molar-refractivity contribution in [2.75, 3.05) is 98.4 Å². The zero-order chi connectivity index (χ0) is 67.9. The number of ether oxygens (including phenoxy) is 6. The van der Waals surface area contributed by atoms with Crippen molar-refractivity contribution in [3.05, 3.63) is 224 Å². The summed E-state index contributed by atoms with van der Waals surface area (Å²) in [5.41, 5.74) is 7.28. The van der Waals surface area contributed by atoms with E-state index in [2.05, 4.69) is 98.5 Å². The van der Waals surface area contributed by atoms with Crippen LogP contribution in [-0.2, 0) is 43.6 Å². The minimum absolute atomic E-state index is 0.0645. The number of hydrogen-bond acceptors (Lipinski definition) is 18. The van der Waals surface area contributed by atoms with Crippen LogP contribution in [0, 0.1) is 0 Å². The Morgan fingerprint density at radius 2 is 0.796 bits per heavy atom. The quantitative estimate of drug-likeness (QED) is 0.0618. The molecular weight excluding hydrogens is 1330 g/mol. The SMILES string of the molecule is CCC(C)n1ncn(-c2ccc(N3CCN(c4ccc(OC[C@@H]5CO[C@](Cn6cncn6)(c6ccc(Cl)cc6Cl)O5)cc4)CC3)cc2)c1=O.CCC(C)n1ncn(-c2ccc(N3CCN(c4ccc(OC[C@H]5CO[C@@](Cn6cncn6)(c6ccc(Cl)cc6Cl)O5)cc4)CC3)cc2)c1=O. The Balaban J connectivity index is 0.000000176. The van der Waals surface area contributed by atoms with Gasteiger partial charge in [0.25, 0.3) is 0 Å². The van der Waals surface area contributed by atoms with Gasteiger partial charge in [0.2, 0.25) is 11.6 Å². The lowest BCUT2D eigenvalue weighted by Crippen LogP contribution is -2.46. The van der Waals surface area contributed by atoms with Gasteiger partial charge in [0, 0.05) is 96.3 Å². The summed E-state index contributed by atoms with van der Waals surface area (Å²) in [6, 6.07) is 43.2. The average molecular weight is 1410 g/mol. The van der Waals surface area contributed by atoms with E-state index in [1.165, 1.54) is 22.0 Å². The van der Waals surface area contributed by atoms with Crippen LogP contribution in [0.5, 0.6) is 11.5 Å². The predicted octanol–water partition coefficient (Wildman–Crippen LogP) is 11.2. The zero-order valence-electron chi connectivity index (χ0n) is 54.7. The van der Waals surface area contributed by atoms with Gasteiger partial charge in [-0.3, -0.25) is 0 Å². The summed E-state index contributed by atoms with van der Waals surface area (Å²) in [6.07, 6.45) is 10.4. The predicted molar refractivity (Wildman–Crippen MR) is 376 cm³/mol. The molecule has 24 nitrogen and oxygen atoms in total. The maximum Gasteiger partial charge on any atom is 0.350 e. The van der Waals surface area contributed by atoms with Gasteiger partial charge in [0.1, 0.15) is 88.0 Å². The summed E-state index contributed by atoms with van der Waals surface area (Å²) >= 11 is 25.5. The fraction of sp³-hybridized carbons (Fsp3) is 0.371. The summed E-state index contributed by atoms with van der Waals surface area (Å²) in [4.78, 5) is 43.2. The highest BCUT2D eigenvalue weighted by molar-refractivity contribution is 6.35. The van der Waals surface area contributed by atoms with Gasteiger partial charge in [-0.2, -0.15) is 20.4 Å². The van der Waals surface area contributed by atoms with Crippen LogP contribution in [0.15, 0.2) is 181 Å². The molecule has 4 aliphatic heterocycles. The molecule has 0 bridgehead atoms. The molecule has 0 spiro atoms. The van der Waals surface area contributed by atoms with E-state index in [0.29, 0.717) is 57.6 Å². The van der Waals surface area contributed by atoms with Gasteiger partial charge >= 0.3 is 11.4 Å². The summed E-state index contributed by atoms with van der Waals surface area (Å²) in [7, 11) is 0. The molecule has 28 heteroatoms. The van der Waals surface area contributed by atoms with Gasteiger partial charge in [-0.25, -0.2) is 47.4 Å². The molecule has 0 radical (unpaired) electrons. The van der Waals surface area contributed by atoms with E-state index in [9.17, 15) is 9.59 Å². The summed E-state index contributed by atoms with van der Waals surface area (Å²) in [5, 5.41) is 19.0.